The van der Waals surface area contributed by atoms with E-state index < -0.39 is 0 Å². The largest absolute Gasteiger partial charge is 0.493 e. The number of nitrogens with zero attached hydrogens (tertiary/aromatic N) is 1. The Morgan fingerprint density at radius 3 is 2.78 bits per heavy atom. The number of fused-ring (bicyclic) bond motifs is 1. The minimum atomic E-state index is 0.567. The maximum absolute atomic E-state index is 5.65. The topological polar surface area (TPSA) is 52.2 Å². The zero-order valence-electron chi connectivity index (χ0n) is 14.4. The van der Waals surface area contributed by atoms with Gasteiger partial charge in [0.25, 0.3) is 0 Å². The van der Waals surface area contributed by atoms with Crippen LogP contribution in [-0.4, -0.2) is 65.6 Å². The Hall–Kier alpha value is -1.50. The van der Waals surface area contributed by atoms with Gasteiger partial charge in [0.2, 0.25) is 5.75 Å². The lowest BCUT2D eigenvalue weighted by Crippen LogP contribution is -2.26. The van der Waals surface area contributed by atoms with Gasteiger partial charge in [0.1, 0.15) is 13.2 Å². The molecule has 0 radical (unpaired) electrons. The van der Waals surface area contributed by atoms with E-state index in [1.165, 1.54) is 0 Å². The summed E-state index contributed by atoms with van der Waals surface area (Å²) in [6.45, 7) is 5.71. The summed E-state index contributed by atoms with van der Waals surface area (Å²) >= 11 is 0. The number of rotatable bonds is 10. The number of hydrogen-bond donors (Lipinski definition) is 1. The summed E-state index contributed by atoms with van der Waals surface area (Å²) in [6.07, 6.45) is 1.10. The van der Waals surface area contributed by atoms with Crippen molar-refractivity contribution in [3.05, 3.63) is 17.7 Å². The minimum absolute atomic E-state index is 0.567. The van der Waals surface area contributed by atoms with E-state index >= 15 is 0 Å². The Balaban J connectivity index is 1.75. The molecule has 0 amide bonds. The fourth-order valence-electron chi connectivity index (χ4n) is 2.50. The number of nitrogens with one attached hydrogen (secondary N) is 1. The number of likely N-dealkylation sites (N-methyl/N-ethyl adjacent to an activating group) is 1. The highest BCUT2D eigenvalue weighted by Crippen LogP contribution is 2.40. The third-order valence-electron chi connectivity index (χ3n) is 3.79. The molecule has 0 atom stereocenters. The molecule has 1 aliphatic heterocycles. The van der Waals surface area contributed by atoms with Crippen molar-refractivity contribution in [1.29, 1.82) is 0 Å². The molecule has 1 aliphatic rings. The number of methoxy groups -OCH3 is 2. The van der Waals surface area contributed by atoms with Crippen molar-refractivity contribution in [3.63, 3.8) is 0 Å². The molecule has 0 fully saturated rings. The van der Waals surface area contributed by atoms with Gasteiger partial charge in [-0.15, -0.1) is 0 Å². The normalized spacial score (nSPS) is 13.4. The first-order valence-corrected chi connectivity index (χ1v) is 8.09. The van der Waals surface area contributed by atoms with Crippen LogP contribution in [0.5, 0.6) is 17.2 Å². The van der Waals surface area contributed by atoms with Gasteiger partial charge in [0.15, 0.2) is 11.5 Å². The van der Waals surface area contributed by atoms with E-state index in [0.29, 0.717) is 19.0 Å². The molecule has 1 aromatic carbocycles. The second-order valence-corrected chi connectivity index (χ2v) is 5.65. The van der Waals surface area contributed by atoms with Crippen LogP contribution in [-0.2, 0) is 11.3 Å². The standard InChI is InChI=1S/C17H28N2O4/c1-19(7-8-20-2)6-4-5-18-13-14-11-15(21-3)17-16(12-14)22-9-10-23-17/h11-12,18H,4-10,13H2,1-3H3. The minimum Gasteiger partial charge on any atom is -0.493 e. The van der Waals surface area contributed by atoms with Crippen LogP contribution in [0.1, 0.15) is 12.0 Å². The van der Waals surface area contributed by atoms with Crippen LogP contribution in [0, 0.1) is 0 Å². The first-order valence-electron chi connectivity index (χ1n) is 8.09. The maximum atomic E-state index is 5.65. The molecule has 0 bridgehead atoms. The highest BCUT2D eigenvalue weighted by Gasteiger charge is 2.18. The molecule has 0 spiro atoms. The summed E-state index contributed by atoms with van der Waals surface area (Å²) in [6, 6.07) is 4.03. The van der Waals surface area contributed by atoms with E-state index in [1.807, 2.05) is 12.1 Å². The molecule has 23 heavy (non-hydrogen) atoms. The van der Waals surface area contributed by atoms with Crippen LogP contribution in [0.4, 0.5) is 0 Å². The van der Waals surface area contributed by atoms with Crippen LogP contribution < -0.4 is 19.5 Å². The van der Waals surface area contributed by atoms with Crippen LogP contribution in [0.15, 0.2) is 12.1 Å². The Labute approximate surface area is 138 Å². The lowest BCUT2D eigenvalue weighted by Gasteiger charge is -2.21. The second kappa shape index (κ2) is 9.60. The third kappa shape index (κ3) is 5.57. The maximum Gasteiger partial charge on any atom is 0.203 e. The van der Waals surface area contributed by atoms with Gasteiger partial charge in [0, 0.05) is 20.2 Å². The van der Waals surface area contributed by atoms with Gasteiger partial charge in [-0.1, -0.05) is 0 Å². The van der Waals surface area contributed by atoms with Gasteiger partial charge in [-0.2, -0.15) is 0 Å². The first-order chi connectivity index (χ1) is 11.2. The van der Waals surface area contributed by atoms with Gasteiger partial charge >= 0.3 is 0 Å². The Morgan fingerprint density at radius 1 is 1.17 bits per heavy atom. The molecule has 1 aromatic rings. The predicted octanol–water partition coefficient (Wildman–Crippen LogP) is 1.52. The van der Waals surface area contributed by atoms with Gasteiger partial charge in [-0.05, 0) is 44.3 Å². The summed E-state index contributed by atoms with van der Waals surface area (Å²) in [4.78, 5) is 2.28. The first kappa shape index (κ1) is 17.8. The molecule has 0 unspecified atom stereocenters. The molecule has 6 nitrogen and oxygen atoms in total. The van der Waals surface area contributed by atoms with E-state index in [9.17, 15) is 0 Å². The molecule has 1 N–H and O–H groups in total. The van der Waals surface area contributed by atoms with Gasteiger partial charge in [0.05, 0.1) is 13.7 Å². The molecule has 1 heterocycles. The van der Waals surface area contributed by atoms with Crippen molar-refractivity contribution < 1.29 is 18.9 Å². The predicted molar refractivity (Wildman–Crippen MR) is 89.7 cm³/mol. The SMILES string of the molecule is COCCN(C)CCCNCc1cc(OC)c2c(c1)OCCO2. The fourth-order valence-corrected chi connectivity index (χ4v) is 2.50. The molecule has 0 saturated carbocycles. The second-order valence-electron chi connectivity index (χ2n) is 5.65. The summed E-state index contributed by atoms with van der Waals surface area (Å²) in [5, 5.41) is 3.46. The van der Waals surface area contributed by atoms with Crippen molar-refractivity contribution in [2.75, 3.05) is 60.7 Å². The van der Waals surface area contributed by atoms with E-state index in [1.54, 1.807) is 14.2 Å². The zero-order chi connectivity index (χ0) is 16.5. The van der Waals surface area contributed by atoms with Gasteiger partial charge < -0.3 is 29.2 Å². The third-order valence-corrected chi connectivity index (χ3v) is 3.79. The molecule has 2 rings (SSSR count). The average molecular weight is 324 g/mol. The summed E-state index contributed by atoms with van der Waals surface area (Å²) in [5.74, 6) is 2.22. The lowest BCUT2D eigenvalue weighted by molar-refractivity contribution is 0.160. The molecule has 0 saturated heterocycles. The zero-order valence-corrected chi connectivity index (χ0v) is 14.4. The van der Waals surface area contributed by atoms with E-state index in [2.05, 4.69) is 17.3 Å². The van der Waals surface area contributed by atoms with Crippen molar-refractivity contribution in [2.45, 2.75) is 13.0 Å². The van der Waals surface area contributed by atoms with E-state index in [0.717, 1.165) is 56.3 Å². The molecule has 130 valence electrons. The van der Waals surface area contributed by atoms with Crippen molar-refractivity contribution in [1.82, 2.24) is 10.2 Å². The van der Waals surface area contributed by atoms with E-state index in [-0.39, 0.29) is 0 Å². The number of benzene rings is 1. The summed E-state index contributed by atoms with van der Waals surface area (Å²) in [5.41, 5.74) is 1.14. The van der Waals surface area contributed by atoms with E-state index in [4.69, 9.17) is 18.9 Å². The fraction of sp³-hybridized carbons (Fsp3) is 0.647. The lowest BCUT2D eigenvalue weighted by atomic mass is 10.1. The van der Waals surface area contributed by atoms with Crippen molar-refractivity contribution >= 4 is 0 Å². The average Bonchev–Trinajstić information content (AvgIpc) is 2.58. The molecular weight excluding hydrogens is 296 g/mol. The number of hydrogen-bond acceptors (Lipinski definition) is 6. The Morgan fingerprint density at radius 2 is 2.00 bits per heavy atom. The van der Waals surface area contributed by atoms with Crippen LogP contribution in [0.3, 0.4) is 0 Å². The highest BCUT2D eigenvalue weighted by molar-refractivity contribution is 5.54. The monoisotopic (exact) mass is 324 g/mol. The smallest absolute Gasteiger partial charge is 0.203 e. The van der Waals surface area contributed by atoms with Crippen LogP contribution in [0.25, 0.3) is 0 Å². The molecule has 0 aliphatic carbocycles. The van der Waals surface area contributed by atoms with Crippen molar-refractivity contribution in [2.24, 2.45) is 0 Å². The Bertz CT molecular complexity index is 465. The quantitative estimate of drug-likeness (QED) is 0.659. The molecule has 6 heteroatoms. The van der Waals surface area contributed by atoms with Gasteiger partial charge in [-0.25, -0.2) is 0 Å². The van der Waals surface area contributed by atoms with Crippen molar-refractivity contribution in [3.8, 4) is 17.2 Å². The molecule has 0 aromatic heterocycles. The highest BCUT2D eigenvalue weighted by atomic mass is 16.6. The number of ether oxygens (including phenoxy) is 4. The summed E-state index contributed by atoms with van der Waals surface area (Å²) in [7, 11) is 5.50. The van der Waals surface area contributed by atoms with Crippen LogP contribution >= 0.6 is 0 Å². The van der Waals surface area contributed by atoms with Gasteiger partial charge in [-0.3, -0.25) is 0 Å². The molecular formula is C17H28N2O4. The van der Waals surface area contributed by atoms with Crippen LogP contribution in [0.2, 0.25) is 0 Å². The summed E-state index contributed by atoms with van der Waals surface area (Å²) < 4.78 is 21.7. The Kier molecular flexibility index (Phi) is 7.45.